The molecule has 1 aromatic rings. The molecule has 1 aliphatic carbocycles. The third-order valence-corrected chi connectivity index (χ3v) is 2.92. The van der Waals surface area contributed by atoms with E-state index in [2.05, 4.69) is 4.98 Å². The van der Waals surface area contributed by atoms with Crippen LogP contribution in [0.2, 0.25) is 0 Å². The van der Waals surface area contributed by atoms with Crippen LogP contribution >= 0.6 is 0 Å². The second kappa shape index (κ2) is 4.14. The first-order valence-corrected chi connectivity index (χ1v) is 5.35. The summed E-state index contributed by atoms with van der Waals surface area (Å²) < 4.78 is 38.4. The van der Waals surface area contributed by atoms with Gasteiger partial charge in [-0.25, -0.2) is 0 Å². The van der Waals surface area contributed by atoms with Crippen molar-refractivity contribution < 1.29 is 18.3 Å². The highest BCUT2D eigenvalue weighted by Crippen LogP contribution is 2.40. The van der Waals surface area contributed by atoms with Crippen molar-refractivity contribution in [2.45, 2.75) is 31.0 Å². The highest BCUT2D eigenvalue weighted by molar-refractivity contribution is 5.35. The van der Waals surface area contributed by atoms with Crippen LogP contribution in [-0.4, -0.2) is 10.1 Å². The lowest BCUT2D eigenvalue weighted by molar-refractivity contribution is -0.140. The summed E-state index contributed by atoms with van der Waals surface area (Å²) in [4.78, 5) is 3.69. The molecule has 1 aliphatic rings. The molecule has 5 heteroatoms. The Morgan fingerprint density at radius 2 is 2.12 bits per heavy atom. The van der Waals surface area contributed by atoms with Crippen LogP contribution in [0.3, 0.4) is 0 Å². The number of hydrogen-bond donors (Lipinski definition) is 1. The van der Waals surface area contributed by atoms with Crippen LogP contribution in [0.5, 0.6) is 0 Å². The zero-order chi connectivity index (χ0) is 12.5. The molecule has 0 saturated carbocycles. The minimum Gasteiger partial charge on any atom is -0.381 e. The van der Waals surface area contributed by atoms with Gasteiger partial charge in [0.2, 0.25) is 0 Å². The van der Waals surface area contributed by atoms with Crippen LogP contribution < -0.4 is 0 Å². The molecule has 0 radical (unpaired) electrons. The Balaban J connectivity index is 2.52. The molecule has 17 heavy (non-hydrogen) atoms. The maximum absolute atomic E-state index is 12.8. The first kappa shape index (κ1) is 12.1. The number of alkyl halides is 3. The minimum atomic E-state index is -4.47. The van der Waals surface area contributed by atoms with Gasteiger partial charge >= 0.3 is 6.18 Å². The summed E-state index contributed by atoms with van der Waals surface area (Å²) in [6.07, 6.45) is 2.58. The smallest absolute Gasteiger partial charge is 0.381 e. The fraction of sp³-hybridized carbons (Fsp3) is 0.417. The summed E-state index contributed by atoms with van der Waals surface area (Å²) in [5.74, 6) is 0. The Bertz CT molecular complexity index is 442. The molecule has 1 atom stereocenters. The van der Waals surface area contributed by atoms with E-state index >= 15 is 0 Å². The van der Waals surface area contributed by atoms with Crippen molar-refractivity contribution in [3.8, 4) is 0 Å². The second-order valence-corrected chi connectivity index (χ2v) is 4.14. The van der Waals surface area contributed by atoms with Gasteiger partial charge in [-0.3, -0.25) is 4.98 Å². The first-order chi connectivity index (χ1) is 7.93. The Morgan fingerprint density at radius 1 is 1.35 bits per heavy atom. The minimum absolute atomic E-state index is 0.163. The molecule has 0 aromatic carbocycles. The van der Waals surface area contributed by atoms with E-state index in [9.17, 15) is 18.3 Å². The Labute approximate surface area is 96.8 Å². The van der Waals surface area contributed by atoms with Gasteiger partial charge < -0.3 is 5.11 Å². The van der Waals surface area contributed by atoms with Crippen molar-refractivity contribution in [2.24, 2.45) is 0 Å². The predicted molar refractivity (Wildman–Crippen MR) is 56.1 cm³/mol. The van der Waals surface area contributed by atoms with Gasteiger partial charge in [-0.2, -0.15) is 13.2 Å². The molecule has 0 amide bonds. The van der Waals surface area contributed by atoms with Crippen LogP contribution in [-0.2, 0) is 11.8 Å². The highest BCUT2D eigenvalue weighted by Gasteiger charge is 2.40. The summed E-state index contributed by atoms with van der Waals surface area (Å²) in [6.45, 7) is 0. The average Bonchev–Trinajstić information content (AvgIpc) is 2.29. The Kier molecular flexibility index (Phi) is 2.95. The fourth-order valence-electron chi connectivity index (χ4n) is 2.06. The number of rotatable bonds is 1. The van der Waals surface area contributed by atoms with E-state index in [1.54, 1.807) is 6.08 Å². The fourth-order valence-corrected chi connectivity index (χ4v) is 2.06. The van der Waals surface area contributed by atoms with E-state index in [0.717, 1.165) is 24.9 Å². The zero-order valence-corrected chi connectivity index (χ0v) is 9.04. The van der Waals surface area contributed by atoms with E-state index in [-0.39, 0.29) is 12.0 Å². The number of pyridine rings is 1. The molecular formula is C12H12F3NO. The Hall–Kier alpha value is -1.36. The number of aromatic nitrogens is 1. The van der Waals surface area contributed by atoms with Gasteiger partial charge in [0.1, 0.15) is 5.60 Å². The van der Waals surface area contributed by atoms with Crippen LogP contribution in [0, 0.1) is 0 Å². The van der Waals surface area contributed by atoms with E-state index in [0.29, 0.717) is 6.42 Å². The summed E-state index contributed by atoms with van der Waals surface area (Å²) in [6, 6.07) is 0.899. The van der Waals surface area contributed by atoms with Gasteiger partial charge in [-0.05, 0) is 25.3 Å². The van der Waals surface area contributed by atoms with E-state index in [1.165, 1.54) is 6.08 Å². The van der Waals surface area contributed by atoms with Gasteiger partial charge in [0.05, 0.1) is 5.56 Å². The van der Waals surface area contributed by atoms with Crippen molar-refractivity contribution in [3.63, 3.8) is 0 Å². The molecule has 0 saturated heterocycles. The lowest BCUT2D eigenvalue weighted by Crippen LogP contribution is -2.28. The molecule has 1 unspecified atom stereocenters. The Morgan fingerprint density at radius 3 is 2.71 bits per heavy atom. The lowest BCUT2D eigenvalue weighted by atomic mass is 9.83. The molecule has 2 nitrogen and oxygen atoms in total. The second-order valence-electron chi connectivity index (χ2n) is 4.14. The molecule has 1 heterocycles. The number of aliphatic hydroxyl groups is 1. The molecule has 0 fully saturated rings. The number of hydrogen-bond acceptors (Lipinski definition) is 2. The predicted octanol–water partition coefficient (Wildman–Crippen LogP) is 3.03. The highest BCUT2D eigenvalue weighted by atomic mass is 19.4. The van der Waals surface area contributed by atoms with Crippen LogP contribution in [0.1, 0.15) is 30.4 Å². The topological polar surface area (TPSA) is 33.1 Å². The van der Waals surface area contributed by atoms with Crippen LogP contribution in [0.25, 0.3) is 0 Å². The monoisotopic (exact) mass is 243 g/mol. The maximum atomic E-state index is 12.8. The number of allylic oxidation sites excluding steroid dienone is 1. The van der Waals surface area contributed by atoms with Gasteiger partial charge in [-0.15, -0.1) is 0 Å². The molecule has 0 bridgehead atoms. The van der Waals surface area contributed by atoms with Crippen molar-refractivity contribution in [1.29, 1.82) is 0 Å². The SMILES string of the molecule is OC1(c2cnccc2C(F)(F)F)C=CCCC1. The third-order valence-electron chi connectivity index (χ3n) is 2.92. The van der Waals surface area contributed by atoms with Crippen molar-refractivity contribution in [2.75, 3.05) is 0 Å². The molecule has 0 spiro atoms. The summed E-state index contributed by atoms with van der Waals surface area (Å²) in [7, 11) is 0. The van der Waals surface area contributed by atoms with Crippen molar-refractivity contribution >= 4 is 0 Å². The molecule has 2 rings (SSSR count). The van der Waals surface area contributed by atoms with E-state index in [4.69, 9.17) is 0 Å². The normalized spacial score (nSPS) is 24.9. The number of nitrogens with zero attached hydrogens (tertiary/aromatic N) is 1. The van der Waals surface area contributed by atoms with Crippen LogP contribution in [0.15, 0.2) is 30.6 Å². The van der Waals surface area contributed by atoms with Crippen molar-refractivity contribution in [3.05, 3.63) is 41.7 Å². The molecule has 92 valence electrons. The van der Waals surface area contributed by atoms with Crippen LogP contribution in [0.4, 0.5) is 13.2 Å². The summed E-state index contributed by atoms with van der Waals surface area (Å²) in [5, 5.41) is 10.3. The quantitative estimate of drug-likeness (QED) is 0.769. The maximum Gasteiger partial charge on any atom is 0.416 e. The average molecular weight is 243 g/mol. The standard InChI is InChI=1S/C12H12F3NO/c13-12(14,15)9-4-7-16-8-10(9)11(17)5-2-1-3-6-11/h2,4-5,7-8,17H,1,3,6H2. The summed E-state index contributed by atoms with van der Waals surface area (Å²) >= 11 is 0. The third kappa shape index (κ3) is 2.34. The van der Waals surface area contributed by atoms with Crippen molar-refractivity contribution in [1.82, 2.24) is 4.98 Å². The van der Waals surface area contributed by atoms with Gasteiger partial charge in [0, 0.05) is 18.0 Å². The first-order valence-electron chi connectivity index (χ1n) is 5.35. The largest absolute Gasteiger partial charge is 0.416 e. The van der Waals surface area contributed by atoms with Gasteiger partial charge in [-0.1, -0.05) is 12.2 Å². The molecule has 1 N–H and O–H groups in total. The molecular weight excluding hydrogens is 231 g/mol. The number of halogens is 3. The van der Waals surface area contributed by atoms with E-state index in [1.807, 2.05) is 0 Å². The molecule has 1 aromatic heterocycles. The van der Waals surface area contributed by atoms with E-state index < -0.39 is 17.3 Å². The lowest BCUT2D eigenvalue weighted by Gasteiger charge is -2.30. The van der Waals surface area contributed by atoms with Gasteiger partial charge in [0.15, 0.2) is 0 Å². The van der Waals surface area contributed by atoms with Gasteiger partial charge in [0.25, 0.3) is 0 Å². The zero-order valence-electron chi connectivity index (χ0n) is 9.04. The molecule has 0 aliphatic heterocycles. The summed E-state index contributed by atoms with van der Waals surface area (Å²) in [5.41, 5.74) is -2.53.